The molecule has 166 valence electrons. The number of urea groups is 1. The lowest BCUT2D eigenvalue weighted by Crippen LogP contribution is -2.46. The molecule has 1 aliphatic heterocycles. The molecule has 1 saturated heterocycles. The average molecular weight is 429 g/mol. The summed E-state index contributed by atoms with van der Waals surface area (Å²) in [6.07, 6.45) is 1.41. The number of ether oxygens (including phenoxy) is 1. The van der Waals surface area contributed by atoms with Crippen LogP contribution < -0.4 is 15.5 Å². The van der Waals surface area contributed by atoms with E-state index in [4.69, 9.17) is 0 Å². The van der Waals surface area contributed by atoms with Gasteiger partial charge in [0.05, 0.1) is 18.7 Å². The monoisotopic (exact) mass is 429 g/mol. The Balaban J connectivity index is 1.70. The van der Waals surface area contributed by atoms with E-state index in [-0.39, 0.29) is 17.2 Å². The molecule has 0 unspecified atom stereocenters. The van der Waals surface area contributed by atoms with E-state index in [1.807, 2.05) is 0 Å². The summed E-state index contributed by atoms with van der Waals surface area (Å²) < 4.78 is 18.7. The maximum absolute atomic E-state index is 14.0. The number of carbonyl (C=O) groups excluding carboxylic acids is 2. The van der Waals surface area contributed by atoms with E-state index in [2.05, 4.69) is 37.1 Å². The number of benzene rings is 1. The van der Waals surface area contributed by atoms with Crippen molar-refractivity contribution in [1.82, 2.24) is 15.2 Å². The molecule has 9 heteroatoms. The predicted octanol–water partition coefficient (Wildman–Crippen LogP) is 3.03. The number of piperazine rings is 1. The minimum atomic E-state index is -0.521. The summed E-state index contributed by atoms with van der Waals surface area (Å²) in [5, 5.41) is 5.43. The molecule has 0 spiro atoms. The molecular formula is C22H28FN5O3. The van der Waals surface area contributed by atoms with Crippen molar-refractivity contribution in [3.63, 3.8) is 0 Å². The van der Waals surface area contributed by atoms with E-state index in [1.165, 1.54) is 37.6 Å². The van der Waals surface area contributed by atoms with Crippen LogP contribution in [0.3, 0.4) is 0 Å². The summed E-state index contributed by atoms with van der Waals surface area (Å²) in [5.74, 6) is -0.665. The molecule has 2 aromatic rings. The molecule has 1 fully saturated rings. The van der Waals surface area contributed by atoms with Gasteiger partial charge in [-0.1, -0.05) is 6.92 Å². The van der Waals surface area contributed by atoms with Gasteiger partial charge in [-0.05, 0) is 43.8 Å². The van der Waals surface area contributed by atoms with Crippen LogP contribution in [0.5, 0.6) is 0 Å². The second-order valence-electron chi connectivity index (χ2n) is 7.37. The number of carbonyl (C=O) groups is 2. The van der Waals surface area contributed by atoms with Crippen LogP contribution in [-0.2, 0) is 4.74 Å². The fraction of sp³-hybridized carbons (Fsp3) is 0.409. The lowest BCUT2D eigenvalue weighted by molar-refractivity contribution is 0.0600. The van der Waals surface area contributed by atoms with E-state index in [0.717, 1.165) is 38.4 Å². The predicted molar refractivity (Wildman–Crippen MR) is 117 cm³/mol. The lowest BCUT2D eigenvalue weighted by Gasteiger charge is -2.37. The Morgan fingerprint density at radius 3 is 2.61 bits per heavy atom. The van der Waals surface area contributed by atoms with E-state index in [0.29, 0.717) is 5.56 Å². The first-order valence-electron chi connectivity index (χ1n) is 10.3. The second kappa shape index (κ2) is 10.2. The van der Waals surface area contributed by atoms with Gasteiger partial charge in [0.2, 0.25) is 0 Å². The highest BCUT2D eigenvalue weighted by atomic mass is 19.1. The SMILES string of the molecule is CCN1CCN(c2ccc(F)cc2[C@@H](C)NC(=O)Nc2cc(C(=O)OC)ccn2)CC1. The number of rotatable bonds is 6. The van der Waals surface area contributed by atoms with Crippen molar-refractivity contribution in [2.45, 2.75) is 19.9 Å². The zero-order valence-electron chi connectivity index (χ0n) is 18.0. The van der Waals surface area contributed by atoms with Gasteiger partial charge in [0.1, 0.15) is 11.6 Å². The number of amides is 2. The number of pyridine rings is 1. The Hall–Kier alpha value is -3.20. The number of aromatic nitrogens is 1. The van der Waals surface area contributed by atoms with Crippen LogP contribution in [0.15, 0.2) is 36.5 Å². The Morgan fingerprint density at radius 2 is 1.94 bits per heavy atom. The lowest BCUT2D eigenvalue weighted by atomic mass is 10.0. The number of hydrogen-bond donors (Lipinski definition) is 2. The van der Waals surface area contributed by atoms with E-state index < -0.39 is 18.0 Å². The molecule has 1 atom stereocenters. The number of methoxy groups -OCH3 is 1. The largest absolute Gasteiger partial charge is 0.465 e. The molecule has 0 aliphatic carbocycles. The average Bonchev–Trinajstić information content (AvgIpc) is 2.78. The summed E-state index contributed by atoms with van der Waals surface area (Å²) in [6.45, 7) is 8.52. The molecule has 8 nitrogen and oxygen atoms in total. The molecule has 0 radical (unpaired) electrons. The molecular weight excluding hydrogens is 401 g/mol. The Bertz CT molecular complexity index is 931. The first-order valence-corrected chi connectivity index (χ1v) is 10.3. The van der Waals surface area contributed by atoms with Gasteiger partial charge >= 0.3 is 12.0 Å². The Labute approximate surface area is 181 Å². The van der Waals surface area contributed by atoms with Crippen LogP contribution in [0.4, 0.5) is 20.7 Å². The number of likely N-dealkylation sites (N-methyl/N-ethyl adjacent to an activating group) is 1. The number of halogens is 1. The third-order valence-electron chi connectivity index (χ3n) is 5.39. The smallest absolute Gasteiger partial charge is 0.338 e. The van der Waals surface area contributed by atoms with Crippen molar-refractivity contribution >= 4 is 23.5 Å². The van der Waals surface area contributed by atoms with Crippen LogP contribution >= 0.6 is 0 Å². The molecule has 0 bridgehead atoms. The van der Waals surface area contributed by atoms with Crippen molar-refractivity contribution in [3.05, 3.63) is 53.5 Å². The minimum absolute atomic E-state index is 0.211. The summed E-state index contributed by atoms with van der Waals surface area (Å²) in [5.41, 5.74) is 1.90. The molecule has 2 heterocycles. The summed E-state index contributed by atoms with van der Waals surface area (Å²) >= 11 is 0. The quantitative estimate of drug-likeness (QED) is 0.687. The maximum Gasteiger partial charge on any atom is 0.338 e. The van der Waals surface area contributed by atoms with Crippen molar-refractivity contribution in [1.29, 1.82) is 0 Å². The molecule has 2 amide bonds. The first-order chi connectivity index (χ1) is 14.9. The Morgan fingerprint density at radius 1 is 1.19 bits per heavy atom. The van der Waals surface area contributed by atoms with Crippen LogP contribution in [0.25, 0.3) is 0 Å². The van der Waals surface area contributed by atoms with E-state index in [1.54, 1.807) is 13.0 Å². The van der Waals surface area contributed by atoms with Gasteiger partial charge in [-0.25, -0.2) is 19.0 Å². The molecule has 0 saturated carbocycles. The van der Waals surface area contributed by atoms with Gasteiger partial charge in [0.25, 0.3) is 0 Å². The van der Waals surface area contributed by atoms with Crippen LogP contribution in [-0.4, -0.2) is 61.7 Å². The Kier molecular flexibility index (Phi) is 7.41. The zero-order chi connectivity index (χ0) is 22.4. The van der Waals surface area contributed by atoms with Gasteiger partial charge in [0.15, 0.2) is 0 Å². The minimum Gasteiger partial charge on any atom is -0.465 e. The standard InChI is InChI=1S/C22H28FN5O3/c1-4-27-9-11-28(12-10-27)19-6-5-17(23)14-18(19)15(2)25-22(30)26-20-13-16(7-8-24-20)21(29)31-3/h5-8,13-15H,4,9-12H2,1-3H3,(H2,24,25,26,30)/t15-/m1/s1. The number of esters is 1. The van der Waals surface area contributed by atoms with Gasteiger partial charge in [-0.3, -0.25) is 5.32 Å². The highest BCUT2D eigenvalue weighted by Gasteiger charge is 2.22. The van der Waals surface area contributed by atoms with Gasteiger partial charge in [-0.15, -0.1) is 0 Å². The fourth-order valence-electron chi connectivity index (χ4n) is 3.64. The summed E-state index contributed by atoms with van der Waals surface area (Å²) in [4.78, 5) is 32.8. The topological polar surface area (TPSA) is 86.8 Å². The highest BCUT2D eigenvalue weighted by Crippen LogP contribution is 2.28. The van der Waals surface area contributed by atoms with Crippen LogP contribution in [0, 0.1) is 5.82 Å². The number of hydrogen-bond acceptors (Lipinski definition) is 6. The van der Waals surface area contributed by atoms with Crippen LogP contribution in [0.2, 0.25) is 0 Å². The number of nitrogens with one attached hydrogen (secondary N) is 2. The normalized spacial score (nSPS) is 15.3. The number of nitrogens with zero attached hydrogens (tertiary/aromatic N) is 3. The fourth-order valence-corrected chi connectivity index (χ4v) is 3.64. The first kappa shape index (κ1) is 22.5. The van der Waals surface area contributed by atoms with Gasteiger partial charge < -0.3 is 19.9 Å². The summed E-state index contributed by atoms with van der Waals surface area (Å²) in [7, 11) is 1.28. The molecule has 3 rings (SSSR count). The van der Waals surface area contributed by atoms with Gasteiger partial charge in [-0.2, -0.15) is 0 Å². The van der Waals surface area contributed by atoms with Crippen LogP contribution in [0.1, 0.15) is 35.8 Å². The van der Waals surface area contributed by atoms with Crippen molar-refractivity contribution in [3.8, 4) is 0 Å². The molecule has 31 heavy (non-hydrogen) atoms. The third kappa shape index (κ3) is 5.69. The van der Waals surface area contributed by atoms with E-state index in [9.17, 15) is 14.0 Å². The molecule has 1 aliphatic rings. The molecule has 1 aromatic heterocycles. The second-order valence-corrected chi connectivity index (χ2v) is 7.37. The maximum atomic E-state index is 14.0. The van der Waals surface area contributed by atoms with Crippen molar-refractivity contribution in [2.75, 3.05) is 50.1 Å². The highest BCUT2D eigenvalue weighted by molar-refractivity contribution is 5.93. The molecule has 1 aromatic carbocycles. The zero-order valence-corrected chi connectivity index (χ0v) is 18.0. The van der Waals surface area contributed by atoms with Crippen molar-refractivity contribution < 1.29 is 18.7 Å². The number of anilines is 2. The third-order valence-corrected chi connectivity index (χ3v) is 5.39. The van der Waals surface area contributed by atoms with E-state index >= 15 is 0 Å². The van der Waals surface area contributed by atoms with Crippen molar-refractivity contribution in [2.24, 2.45) is 0 Å². The van der Waals surface area contributed by atoms with Gasteiger partial charge in [0, 0.05) is 43.6 Å². The molecule has 2 N–H and O–H groups in total. The summed E-state index contributed by atoms with van der Waals surface area (Å²) in [6, 6.07) is 6.64.